The van der Waals surface area contributed by atoms with Crippen molar-refractivity contribution in [2.24, 2.45) is 0 Å². The summed E-state index contributed by atoms with van der Waals surface area (Å²) >= 11 is 0. The van der Waals surface area contributed by atoms with Crippen LogP contribution in [0.1, 0.15) is 31.2 Å². The number of benzene rings is 1. The topological polar surface area (TPSA) is 34.2 Å². The maximum atomic E-state index is 5.78. The Morgan fingerprint density at radius 1 is 1.14 bits per heavy atom. The lowest BCUT2D eigenvalue weighted by Crippen LogP contribution is -2.48. The van der Waals surface area contributed by atoms with Crippen LogP contribution in [0.15, 0.2) is 18.2 Å². The second kappa shape index (κ2) is 4.87. The number of likely N-dealkylation sites (tertiary alicyclic amines) is 1. The van der Waals surface area contributed by atoms with Gasteiger partial charge in [-0.1, -0.05) is 6.07 Å². The molecule has 2 heterocycles. The number of methoxy groups -OCH3 is 2. The summed E-state index contributed by atoms with van der Waals surface area (Å²) in [6.07, 6.45) is 4.78. The van der Waals surface area contributed by atoms with Crippen LogP contribution in [0, 0.1) is 0 Å². The van der Waals surface area contributed by atoms with E-state index in [0.717, 1.165) is 31.1 Å². The average Bonchev–Trinajstić information content (AvgIpc) is 3.23. The van der Waals surface area contributed by atoms with Crippen LogP contribution in [0.3, 0.4) is 0 Å². The molecule has 0 N–H and O–H groups in total. The molecule has 2 saturated heterocycles. The van der Waals surface area contributed by atoms with E-state index >= 15 is 0 Å². The zero-order valence-corrected chi connectivity index (χ0v) is 13.7. The summed E-state index contributed by atoms with van der Waals surface area (Å²) < 4.78 is 16.7. The van der Waals surface area contributed by atoms with Crippen LogP contribution in [0.2, 0.25) is 0 Å². The molecule has 0 aromatic heterocycles. The molecule has 4 nitrogen and oxygen atoms in total. The lowest BCUT2D eigenvalue weighted by atomic mass is 9.63. The molecule has 1 aromatic carbocycles. The van der Waals surface area contributed by atoms with Crippen molar-refractivity contribution < 1.29 is 14.2 Å². The van der Waals surface area contributed by atoms with Crippen molar-refractivity contribution in [1.29, 1.82) is 0 Å². The third-order valence-corrected chi connectivity index (χ3v) is 6.18. The first-order chi connectivity index (χ1) is 10.6. The minimum absolute atomic E-state index is 0.198. The normalized spacial score (nSPS) is 37.1. The number of epoxide rings is 1. The fraction of sp³-hybridized carbons (Fsp3) is 0.667. The Hall–Kier alpha value is -1.26. The van der Waals surface area contributed by atoms with Gasteiger partial charge in [0.05, 0.1) is 26.4 Å². The fourth-order valence-electron chi connectivity index (χ4n) is 4.66. The molecule has 3 atom stereocenters. The first-order valence-electron chi connectivity index (χ1n) is 8.19. The quantitative estimate of drug-likeness (QED) is 0.804. The summed E-state index contributed by atoms with van der Waals surface area (Å²) in [5.41, 5.74) is 1.84. The van der Waals surface area contributed by atoms with Gasteiger partial charge in [-0.25, -0.2) is 0 Å². The van der Waals surface area contributed by atoms with Gasteiger partial charge in [-0.05, 0) is 57.0 Å². The van der Waals surface area contributed by atoms with Crippen molar-refractivity contribution in [2.45, 2.75) is 42.7 Å². The van der Waals surface area contributed by atoms with Crippen LogP contribution in [0.4, 0.5) is 0 Å². The highest BCUT2D eigenvalue weighted by molar-refractivity contribution is 5.46. The van der Waals surface area contributed by atoms with Gasteiger partial charge in [0.1, 0.15) is 0 Å². The standard InChI is InChI=1S/C18H25NO3/c1-19-9-8-18(7-6-17(12-22-17)11-16(18)19)13-4-5-14(20-2)15(10-13)21-3/h4-5,10,16H,6-9,11-12H2,1-3H3/t16-,17-,18-/m0/s1. The van der Waals surface area contributed by atoms with Crippen LogP contribution < -0.4 is 9.47 Å². The smallest absolute Gasteiger partial charge is 0.161 e. The van der Waals surface area contributed by atoms with E-state index < -0.39 is 0 Å². The monoisotopic (exact) mass is 303 g/mol. The molecule has 2 aliphatic heterocycles. The average molecular weight is 303 g/mol. The van der Waals surface area contributed by atoms with Gasteiger partial charge < -0.3 is 19.1 Å². The van der Waals surface area contributed by atoms with Crippen LogP contribution in [-0.2, 0) is 10.2 Å². The molecule has 1 saturated carbocycles. The number of nitrogens with zero attached hydrogens (tertiary/aromatic N) is 1. The molecule has 1 spiro atoms. The van der Waals surface area contributed by atoms with Gasteiger partial charge in [0.15, 0.2) is 11.5 Å². The zero-order valence-electron chi connectivity index (χ0n) is 13.7. The first-order valence-corrected chi connectivity index (χ1v) is 8.19. The van der Waals surface area contributed by atoms with Crippen LogP contribution in [0.5, 0.6) is 11.5 Å². The molecular weight excluding hydrogens is 278 g/mol. The van der Waals surface area contributed by atoms with Crippen molar-refractivity contribution in [1.82, 2.24) is 4.90 Å². The van der Waals surface area contributed by atoms with Gasteiger partial charge in [0, 0.05) is 11.5 Å². The zero-order chi connectivity index (χ0) is 15.4. The molecule has 3 fully saturated rings. The number of ether oxygens (including phenoxy) is 3. The highest BCUT2D eigenvalue weighted by Gasteiger charge is 2.59. The first kappa shape index (κ1) is 14.3. The summed E-state index contributed by atoms with van der Waals surface area (Å²) in [7, 11) is 5.66. The van der Waals surface area contributed by atoms with E-state index in [1.165, 1.54) is 24.8 Å². The van der Waals surface area contributed by atoms with Crippen LogP contribution in [0.25, 0.3) is 0 Å². The summed E-state index contributed by atoms with van der Waals surface area (Å²) in [6.45, 7) is 2.12. The number of hydrogen-bond acceptors (Lipinski definition) is 4. The fourth-order valence-corrected chi connectivity index (χ4v) is 4.66. The highest BCUT2D eigenvalue weighted by atomic mass is 16.6. The number of fused-ring (bicyclic) bond motifs is 1. The van der Waals surface area contributed by atoms with E-state index in [9.17, 15) is 0 Å². The van der Waals surface area contributed by atoms with Crippen molar-refractivity contribution in [3.63, 3.8) is 0 Å². The maximum Gasteiger partial charge on any atom is 0.161 e. The Morgan fingerprint density at radius 3 is 2.59 bits per heavy atom. The molecule has 0 unspecified atom stereocenters. The Kier molecular flexibility index (Phi) is 3.17. The molecule has 1 aliphatic carbocycles. The van der Waals surface area contributed by atoms with Crippen molar-refractivity contribution in [2.75, 3.05) is 34.4 Å². The molecular formula is C18H25NO3. The third-order valence-electron chi connectivity index (χ3n) is 6.18. The van der Waals surface area contributed by atoms with Crippen molar-refractivity contribution >= 4 is 0 Å². The van der Waals surface area contributed by atoms with Gasteiger partial charge >= 0.3 is 0 Å². The molecule has 0 bridgehead atoms. The predicted octanol–water partition coefficient (Wildman–Crippen LogP) is 2.60. The maximum absolute atomic E-state index is 5.78. The molecule has 4 rings (SSSR count). The lowest BCUT2D eigenvalue weighted by Gasteiger charge is -2.44. The molecule has 0 radical (unpaired) electrons. The summed E-state index contributed by atoms with van der Waals surface area (Å²) in [5, 5.41) is 0. The molecule has 1 aromatic rings. The SMILES string of the molecule is COc1ccc([C@]23CCN(C)[C@H]2C[C@@]2(CC3)CO2)cc1OC. The van der Waals surface area contributed by atoms with E-state index in [0.29, 0.717) is 6.04 Å². The lowest BCUT2D eigenvalue weighted by molar-refractivity contribution is 0.111. The van der Waals surface area contributed by atoms with E-state index in [1.54, 1.807) is 14.2 Å². The van der Waals surface area contributed by atoms with Gasteiger partial charge in [-0.3, -0.25) is 0 Å². The van der Waals surface area contributed by atoms with Crippen LogP contribution in [-0.4, -0.2) is 51.0 Å². The molecule has 4 heteroatoms. The summed E-state index contributed by atoms with van der Waals surface area (Å²) in [4.78, 5) is 2.53. The summed E-state index contributed by atoms with van der Waals surface area (Å²) in [6, 6.07) is 7.05. The van der Waals surface area contributed by atoms with Crippen molar-refractivity contribution in [3.8, 4) is 11.5 Å². The second-order valence-electron chi connectivity index (χ2n) is 7.15. The Labute approximate surface area is 132 Å². The van der Waals surface area contributed by atoms with E-state index in [4.69, 9.17) is 14.2 Å². The third kappa shape index (κ3) is 1.97. The summed E-state index contributed by atoms with van der Waals surface area (Å²) in [5.74, 6) is 1.65. The minimum atomic E-state index is 0.198. The number of hydrogen-bond donors (Lipinski definition) is 0. The van der Waals surface area contributed by atoms with E-state index in [2.05, 4.69) is 30.1 Å². The highest BCUT2D eigenvalue weighted by Crippen LogP contribution is 2.55. The van der Waals surface area contributed by atoms with Crippen molar-refractivity contribution in [3.05, 3.63) is 23.8 Å². The van der Waals surface area contributed by atoms with Gasteiger partial charge in [-0.2, -0.15) is 0 Å². The molecule has 120 valence electrons. The Balaban J connectivity index is 1.73. The van der Waals surface area contributed by atoms with Gasteiger partial charge in [0.25, 0.3) is 0 Å². The Bertz CT molecular complexity index is 584. The Morgan fingerprint density at radius 2 is 1.91 bits per heavy atom. The van der Waals surface area contributed by atoms with E-state index in [1.807, 2.05) is 0 Å². The van der Waals surface area contributed by atoms with Gasteiger partial charge in [0.2, 0.25) is 0 Å². The molecule has 3 aliphatic rings. The molecule has 0 amide bonds. The molecule has 22 heavy (non-hydrogen) atoms. The predicted molar refractivity (Wildman–Crippen MR) is 84.8 cm³/mol. The van der Waals surface area contributed by atoms with Gasteiger partial charge in [-0.15, -0.1) is 0 Å². The minimum Gasteiger partial charge on any atom is -0.493 e. The van der Waals surface area contributed by atoms with E-state index in [-0.39, 0.29) is 11.0 Å². The number of rotatable bonds is 3. The number of likely N-dealkylation sites (N-methyl/N-ethyl adjacent to an activating group) is 1. The largest absolute Gasteiger partial charge is 0.493 e. The second-order valence-corrected chi connectivity index (χ2v) is 7.15. The van der Waals surface area contributed by atoms with Crippen LogP contribution >= 0.6 is 0 Å².